The number of hydrogen-bond donors (Lipinski definition) is 2. The fraction of sp³-hybridized carbons (Fsp3) is 0.650. The minimum absolute atomic E-state index is 0. The molecule has 0 spiro atoms. The van der Waals surface area contributed by atoms with Crippen molar-refractivity contribution in [2.45, 2.75) is 50.5 Å². The monoisotopic (exact) mass is 510 g/mol. The highest BCUT2D eigenvalue weighted by molar-refractivity contribution is 14.0. The van der Waals surface area contributed by atoms with Gasteiger partial charge in [-0.1, -0.05) is 12.1 Å². The highest BCUT2D eigenvalue weighted by atomic mass is 127. The number of guanidine groups is 1. The van der Waals surface area contributed by atoms with Crippen LogP contribution in [-0.2, 0) is 5.41 Å². The topological polar surface area (TPSA) is 39.7 Å². The Balaban J connectivity index is 0.00000280. The van der Waals surface area contributed by atoms with E-state index >= 15 is 0 Å². The van der Waals surface area contributed by atoms with Crippen LogP contribution < -0.4 is 10.6 Å². The molecule has 0 unspecified atom stereocenters. The van der Waals surface area contributed by atoms with Crippen molar-refractivity contribution in [3.05, 3.63) is 35.6 Å². The molecule has 8 heteroatoms. The van der Waals surface area contributed by atoms with Crippen LogP contribution in [0.15, 0.2) is 29.3 Å². The van der Waals surface area contributed by atoms with Gasteiger partial charge in [0, 0.05) is 31.1 Å². The molecule has 1 saturated carbocycles. The van der Waals surface area contributed by atoms with Gasteiger partial charge < -0.3 is 10.6 Å². The minimum Gasteiger partial charge on any atom is -0.357 e. The van der Waals surface area contributed by atoms with Crippen molar-refractivity contribution >= 4 is 29.9 Å². The molecule has 1 aliphatic heterocycles. The SMILES string of the molecule is CCNC(=NCC1(c2cccc(F)c2)CC1)NC1CCN(CC(F)F)CC1.I. The molecule has 2 fully saturated rings. The Bertz CT molecular complexity index is 644. The number of likely N-dealkylation sites (tertiary alicyclic amines) is 1. The number of piperidine rings is 1. The number of hydrogen-bond acceptors (Lipinski definition) is 2. The fourth-order valence-corrected chi connectivity index (χ4v) is 3.71. The van der Waals surface area contributed by atoms with Crippen LogP contribution in [0.3, 0.4) is 0 Å². The molecule has 4 nitrogen and oxygen atoms in total. The smallest absolute Gasteiger partial charge is 0.251 e. The summed E-state index contributed by atoms with van der Waals surface area (Å²) in [5.74, 6) is 0.552. The molecule has 1 aromatic carbocycles. The third-order valence-electron chi connectivity index (χ3n) is 5.50. The Kier molecular flexibility index (Phi) is 8.85. The second-order valence-corrected chi connectivity index (χ2v) is 7.60. The van der Waals surface area contributed by atoms with Crippen molar-refractivity contribution in [1.29, 1.82) is 0 Å². The lowest BCUT2D eigenvalue weighted by Crippen LogP contribution is -2.49. The quantitative estimate of drug-likeness (QED) is 0.334. The van der Waals surface area contributed by atoms with E-state index in [1.54, 1.807) is 12.1 Å². The molecule has 1 aliphatic carbocycles. The van der Waals surface area contributed by atoms with Gasteiger partial charge in [0.15, 0.2) is 5.96 Å². The second kappa shape index (κ2) is 10.7. The molecule has 0 atom stereocenters. The van der Waals surface area contributed by atoms with Crippen molar-refractivity contribution in [1.82, 2.24) is 15.5 Å². The van der Waals surface area contributed by atoms with Crippen molar-refractivity contribution in [2.24, 2.45) is 4.99 Å². The van der Waals surface area contributed by atoms with E-state index in [4.69, 9.17) is 4.99 Å². The normalized spacial score (nSPS) is 20.0. The second-order valence-electron chi connectivity index (χ2n) is 7.60. The molecule has 1 saturated heterocycles. The highest BCUT2D eigenvalue weighted by Crippen LogP contribution is 2.48. The molecule has 0 aromatic heterocycles. The summed E-state index contributed by atoms with van der Waals surface area (Å²) in [6.07, 6.45) is 1.42. The molecule has 2 N–H and O–H groups in total. The van der Waals surface area contributed by atoms with Gasteiger partial charge in [0.1, 0.15) is 5.82 Å². The zero-order valence-electron chi connectivity index (χ0n) is 16.3. The molecule has 3 rings (SSSR count). The molecule has 0 radical (unpaired) electrons. The van der Waals surface area contributed by atoms with Crippen LogP contribution in [0.1, 0.15) is 38.2 Å². The first kappa shape index (κ1) is 23.3. The molecule has 28 heavy (non-hydrogen) atoms. The first-order valence-electron chi connectivity index (χ1n) is 9.82. The Morgan fingerprint density at radius 3 is 2.57 bits per heavy atom. The van der Waals surface area contributed by atoms with E-state index in [-0.39, 0.29) is 47.8 Å². The standard InChI is InChI=1S/C20H29F3N4.HI/c1-2-24-19(26-17-6-10-27(11-7-17)13-18(22)23)25-14-20(8-9-20)15-4-3-5-16(21)12-15;/h3-5,12,17-18H,2,6-11,13-14H2,1H3,(H2,24,25,26);1H. The van der Waals surface area contributed by atoms with E-state index < -0.39 is 6.43 Å². The van der Waals surface area contributed by atoms with Gasteiger partial charge in [0.2, 0.25) is 0 Å². The zero-order valence-corrected chi connectivity index (χ0v) is 18.6. The average Bonchev–Trinajstić information content (AvgIpc) is 3.42. The maximum atomic E-state index is 13.6. The molecule has 0 amide bonds. The number of benzene rings is 1. The number of nitrogens with zero attached hydrogens (tertiary/aromatic N) is 2. The molecule has 1 aromatic rings. The van der Waals surface area contributed by atoms with Crippen molar-refractivity contribution in [2.75, 3.05) is 32.7 Å². The predicted molar refractivity (Wildman–Crippen MR) is 117 cm³/mol. The van der Waals surface area contributed by atoms with Gasteiger partial charge in [-0.2, -0.15) is 0 Å². The van der Waals surface area contributed by atoms with Crippen LogP contribution >= 0.6 is 24.0 Å². The Morgan fingerprint density at radius 2 is 2.00 bits per heavy atom. The number of alkyl halides is 2. The van der Waals surface area contributed by atoms with Crippen LogP contribution in [0, 0.1) is 5.82 Å². The molecule has 0 bridgehead atoms. The van der Waals surface area contributed by atoms with Crippen molar-refractivity contribution in [3.63, 3.8) is 0 Å². The van der Waals surface area contributed by atoms with Crippen molar-refractivity contribution in [3.8, 4) is 0 Å². The summed E-state index contributed by atoms with van der Waals surface area (Å²) in [5.41, 5.74) is 0.966. The van der Waals surface area contributed by atoms with Gasteiger partial charge >= 0.3 is 0 Å². The molecular formula is C20H30F3IN4. The first-order chi connectivity index (χ1) is 13.0. The number of nitrogens with one attached hydrogen (secondary N) is 2. The van der Waals surface area contributed by atoms with Crippen LogP contribution in [-0.4, -0.2) is 56.1 Å². The maximum absolute atomic E-state index is 13.6. The van der Waals surface area contributed by atoms with E-state index in [1.807, 2.05) is 17.9 Å². The molecular weight excluding hydrogens is 480 g/mol. The van der Waals surface area contributed by atoms with Crippen LogP contribution in [0.5, 0.6) is 0 Å². The van der Waals surface area contributed by atoms with Gasteiger partial charge in [-0.3, -0.25) is 9.89 Å². The minimum atomic E-state index is -2.27. The Labute approximate surface area is 182 Å². The summed E-state index contributed by atoms with van der Waals surface area (Å²) < 4.78 is 38.6. The number of rotatable bonds is 7. The number of aliphatic imine (C=N–C) groups is 1. The third kappa shape index (κ3) is 6.50. The van der Waals surface area contributed by atoms with E-state index in [9.17, 15) is 13.2 Å². The lowest BCUT2D eigenvalue weighted by molar-refractivity contribution is 0.0744. The lowest BCUT2D eigenvalue weighted by Gasteiger charge is -2.32. The Hall–Kier alpha value is -1.03. The highest BCUT2D eigenvalue weighted by Gasteiger charge is 2.44. The van der Waals surface area contributed by atoms with Crippen LogP contribution in [0.2, 0.25) is 0 Å². The first-order valence-corrected chi connectivity index (χ1v) is 9.82. The summed E-state index contributed by atoms with van der Waals surface area (Å²) in [6.45, 7) is 4.60. The Morgan fingerprint density at radius 1 is 1.29 bits per heavy atom. The lowest BCUT2D eigenvalue weighted by atomic mass is 9.96. The molecule has 158 valence electrons. The third-order valence-corrected chi connectivity index (χ3v) is 5.50. The summed E-state index contributed by atoms with van der Waals surface area (Å²) in [7, 11) is 0. The van der Waals surface area contributed by atoms with E-state index in [2.05, 4.69) is 10.6 Å². The van der Waals surface area contributed by atoms with E-state index in [0.717, 1.165) is 43.8 Å². The number of halogens is 4. The van der Waals surface area contributed by atoms with Crippen molar-refractivity contribution < 1.29 is 13.2 Å². The maximum Gasteiger partial charge on any atom is 0.251 e. The molecule has 1 heterocycles. The predicted octanol–water partition coefficient (Wildman–Crippen LogP) is 3.76. The summed E-state index contributed by atoms with van der Waals surface area (Å²) >= 11 is 0. The van der Waals surface area contributed by atoms with Gasteiger partial charge in [-0.15, -0.1) is 24.0 Å². The zero-order chi connectivity index (χ0) is 19.3. The van der Waals surface area contributed by atoms with Gasteiger partial charge in [0.25, 0.3) is 6.43 Å². The largest absolute Gasteiger partial charge is 0.357 e. The fourth-order valence-electron chi connectivity index (χ4n) is 3.71. The van der Waals surface area contributed by atoms with Crippen LogP contribution in [0.25, 0.3) is 0 Å². The van der Waals surface area contributed by atoms with Gasteiger partial charge in [-0.05, 0) is 50.3 Å². The van der Waals surface area contributed by atoms with E-state index in [1.165, 1.54) is 6.07 Å². The van der Waals surface area contributed by atoms with E-state index in [0.29, 0.717) is 19.6 Å². The summed E-state index contributed by atoms with van der Waals surface area (Å²) in [5, 5.41) is 6.71. The average molecular weight is 510 g/mol. The van der Waals surface area contributed by atoms with Crippen LogP contribution in [0.4, 0.5) is 13.2 Å². The molecule has 2 aliphatic rings. The van der Waals surface area contributed by atoms with Gasteiger partial charge in [0.05, 0.1) is 13.1 Å². The van der Waals surface area contributed by atoms with Gasteiger partial charge in [-0.25, -0.2) is 13.2 Å². The summed E-state index contributed by atoms with van der Waals surface area (Å²) in [6, 6.07) is 7.05. The summed E-state index contributed by atoms with van der Waals surface area (Å²) in [4.78, 5) is 6.57.